The Bertz CT molecular complexity index is 414. The molecule has 0 bridgehead atoms. The molecule has 0 saturated carbocycles. The second-order valence-corrected chi connectivity index (χ2v) is 4.36. The molecule has 0 aromatic heterocycles. The van der Waals surface area contributed by atoms with Crippen molar-refractivity contribution >= 4 is 0 Å². The zero-order valence-corrected chi connectivity index (χ0v) is 9.66. The van der Waals surface area contributed by atoms with Crippen LogP contribution in [0.1, 0.15) is 30.1 Å². The molecule has 3 nitrogen and oxygen atoms in total. The van der Waals surface area contributed by atoms with Crippen LogP contribution in [0, 0.1) is 0 Å². The van der Waals surface area contributed by atoms with Crippen molar-refractivity contribution in [3.8, 4) is 11.5 Å². The maximum absolute atomic E-state index is 5.66. The molecule has 1 aromatic rings. The first kappa shape index (κ1) is 9.97. The first-order chi connectivity index (χ1) is 7.85. The number of rotatable bonds is 2. The average Bonchev–Trinajstić information content (AvgIpc) is 3.06. The first-order valence-electron chi connectivity index (χ1n) is 5.74. The summed E-state index contributed by atoms with van der Waals surface area (Å²) < 4.78 is 16.5. The average molecular weight is 220 g/mol. The highest BCUT2D eigenvalue weighted by molar-refractivity contribution is 5.53. The van der Waals surface area contributed by atoms with Gasteiger partial charge in [0.1, 0.15) is 6.10 Å². The number of benzene rings is 1. The molecule has 0 N–H and O–H groups in total. The van der Waals surface area contributed by atoms with Gasteiger partial charge >= 0.3 is 0 Å². The zero-order valence-electron chi connectivity index (χ0n) is 9.66. The Labute approximate surface area is 95.3 Å². The minimum Gasteiger partial charge on any atom is -0.493 e. The van der Waals surface area contributed by atoms with Crippen molar-refractivity contribution in [2.24, 2.45) is 0 Å². The van der Waals surface area contributed by atoms with Crippen LogP contribution in [0.5, 0.6) is 11.5 Å². The molecule has 3 heteroatoms. The second-order valence-electron chi connectivity index (χ2n) is 4.36. The second kappa shape index (κ2) is 3.67. The summed E-state index contributed by atoms with van der Waals surface area (Å²) in [6.45, 7) is 0. The standard InChI is InChI=1S/C13H16O3/c1-14-10-7-6-9-8(12(10)15-2)4-3-5-11-13(9)16-11/h6-7,11,13H,3-5H2,1-2H3. The van der Waals surface area contributed by atoms with Gasteiger partial charge in [-0.1, -0.05) is 6.07 Å². The lowest BCUT2D eigenvalue weighted by molar-refractivity contribution is 0.340. The lowest BCUT2D eigenvalue weighted by Crippen LogP contribution is -1.99. The largest absolute Gasteiger partial charge is 0.493 e. The minimum absolute atomic E-state index is 0.303. The van der Waals surface area contributed by atoms with Gasteiger partial charge in [-0.05, 0) is 30.9 Å². The van der Waals surface area contributed by atoms with Crippen molar-refractivity contribution in [1.29, 1.82) is 0 Å². The van der Waals surface area contributed by atoms with Crippen LogP contribution in [0.3, 0.4) is 0 Å². The number of methoxy groups -OCH3 is 2. The van der Waals surface area contributed by atoms with E-state index in [1.165, 1.54) is 11.1 Å². The Hall–Kier alpha value is -1.22. The smallest absolute Gasteiger partial charge is 0.164 e. The van der Waals surface area contributed by atoms with Crippen molar-refractivity contribution in [1.82, 2.24) is 0 Å². The number of hydrogen-bond acceptors (Lipinski definition) is 3. The molecule has 1 fully saturated rings. The molecule has 0 spiro atoms. The molecule has 2 unspecified atom stereocenters. The molecule has 1 heterocycles. The molecule has 86 valence electrons. The van der Waals surface area contributed by atoms with Gasteiger partial charge in [-0.2, -0.15) is 0 Å². The van der Waals surface area contributed by atoms with Gasteiger partial charge in [0.05, 0.1) is 20.3 Å². The van der Waals surface area contributed by atoms with Crippen molar-refractivity contribution in [3.05, 3.63) is 23.3 Å². The normalized spacial score (nSPS) is 26.4. The molecule has 2 aliphatic rings. The highest BCUT2D eigenvalue weighted by Crippen LogP contribution is 2.49. The minimum atomic E-state index is 0.303. The van der Waals surface area contributed by atoms with Crippen LogP contribution in [0.4, 0.5) is 0 Å². The van der Waals surface area contributed by atoms with Crippen LogP contribution >= 0.6 is 0 Å². The predicted molar refractivity (Wildman–Crippen MR) is 60.1 cm³/mol. The highest BCUT2D eigenvalue weighted by Gasteiger charge is 2.43. The van der Waals surface area contributed by atoms with E-state index in [0.717, 1.165) is 30.8 Å². The molecular weight excluding hydrogens is 204 g/mol. The summed E-state index contributed by atoms with van der Waals surface area (Å²) in [6, 6.07) is 4.09. The molecule has 3 rings (SSSR count). The van der Waals surface area contributed by atoms with Crippen LogP contribution < -0.4 is 9.47 Å². The summed E-state index contributed by atoms with van der Waals surface area (Å²) in [5, 5.41) is 0. The summed E-state index contributed by atoms with van der Waals surface area (Å²) >= 11 is 0. The van der Waals surface area contributed by atoms with Crippen LogP contribution in [-0.4, -0.2) is 20.3 Å². The quantitative estimate of drug-likeness (QED) is 0.717. The molecule has 16 heavy (non-hydrogen) atoms. The summed E-state index contributed by atoms with van der Waals surface area (Å²) in [5.74, 6) is 1.71. The van der Waals surface area contributed by atoms with E-state index >= 15 is 0 Å². The highest BCUT2D eigenvalue weighted by atomic mass is 16.6. The maximum Gasteiger partial charge on any atom is 0.164 e. The van der Waals surface area contributed by atoms with Gasteiger partial charge in [0.25, 0.3) is 0 Å². The Kier molecular flexibility index (Phi) is 2.28. The van der Waals surface area contributed by atoms with Gasteiger partial charge in [0.15, 0.2) is 11.5 Å². The van der Waals surface area contributed by atoms with Gasteiger partial charge in [-0.15, -0.1) is 0 Å². The molecule has 0 radical (unpaired) electrons. The van der Waals surface area contributed by atoms with Crippen molar-refractivity contribution in [2.45, 2.75) is 31.5 Å². The van der Waals surface area contributed by atoms with Crippen molar-refractivity contribution in [3.63, 3.8) is 0 Å². The molecule has 1 aliphatic heterocycles. The molecule has 1 saturated heterocycles. The van der Waals surface area contributed by atoms with E-state index in [2.05, 4.69) is 6.07 Å². The molecule has 1 aliphatic carbocycles. The monoisotopic (exact) mass is 220 g/mol. The van der Waals surface area contributed by atoms with E-state index in [9.17, 15) is 0 Å². The Morgan fingerprint density at radius 3 is 2.88 bits per heavy atom. The Morgan fingerprint density at radius 2 is 2.12 bits per heavy atom. The molecular formula is C13H16O3. The topological polar surface area (TPSA) is 31.0 Å². The lowest BCUT2D eigenvalue weighted by atomic mass is 10.0. The Balaban J connectivity index is 2.11. The van der Waals surface area contributed by atoms with Crippen LogP contribution in [0.15, 0.2) is 12.1 Å². The van der Waals surface area contributed by atoms with Gasteiger partial charge in [0, 0.05) is 5.56 Å². The van der Waals surface area contributed by atoms with Gasteiger partial charge < -0.3 is 14.2 Å². The number of epoxide rings is 1. The molecule has 2 atom stereocenters. The summed E-state index contributed by atoms with van der Waals surface area (Å²) in [6.07, 6.45) is 4.13. The molecule has 0 amide bonds. The van der Waals surface area contributed by atoms with E-state index in [0.29, 0.717) is 12.2 Å². The number of hydrogen-bond donors (Lipinski definition) is 0. The molecule has 1 aromatic carbocycles. The third kappa shape index (κ3) is 1.39. The van der Waals surface area contributed by atoms with E-state index in [4.69, 9.17) is 14.2 Å². The summed E-state index contributed by atoms with van der Waals surface area (Å²) in [5.41, 5.74) is 2.56. The number of fused-ring (bicyclic) bond motifs is 3. The van der Waals surface area contributed by atoms with Crippen molar-refractivity contribution in [2.75, 3.05) is 14.2 Å². The fourth-order valence-corrected chi connectivity index (χ4v) is 2.65. The van der Waals surface area contributed by atoms with E-state index in [1.807, 2.05) is 6.07 Å². The third-order valence-electron chi connectivity index (χ3n) is 3.49. The lowest BCUT2D eigenvalue weighted by Gasteiger charge is -2.15. The van der Waals surface area contributed by atoms with E-state index in [1.54, 1.807) is 14.2 Å². The predicted octanol–water partition coefficient (Wildman–Crippen LogP) is 2.48. The van der Waals surface area contributed by atoms with Gasteiger partial charge in [-0.3, -0.25) is 0 Å². The maximum atomic E-state index is 5.66. The summed E-state index contributed by atoms with van der Waals surface area (Å²) in [7, 11) is 3.38. The first-order valence-corrected chi connectivity index (χ1v) is 5.74. The van der Waals surface area contributed by atoms with Gasteiger partial charge in [-0.25, -0.2) is 0 Å². The van der Waals surface area contributed by atoms with Gasteiger partial charge in [0.2, 0.25) is 0 Å². The number of ether oxygens (including phenoxy) is 3. The fourth-order valence-electron chi connectivity index (χ4n) is 2.65. The summed E-state index contributed by atoms with van der Waals surface area (Å²) in [4.78, 5) is 0. The van der Waals surface area contributed by atoms with Crippen LogP contribution in [0.25, 0.3) is 0 Å². The van der Waals surface area contributed by atoms with Crippen LogP contribution in [-0.2, 0) is 11.2 Å². The SMILES string of the molecule is COc1ccc2c(c1OC)CCCC1OC21. The zero-order chi connectivity index (χ0) is 11.1. The van der Waals surface area contributed by atoms with Crippen LogP contribution in [0.2, 0.25) is 0 Å². The van der Waals surface area contributed by atoms with Crippen molar-refractivity contribution < 1.29 is 14.2 Å². The Morgan fingerprint density at radius 1 is 1.25 bits per heavy atom. The van der Waals surface area contributed by atoms with E-state index < -0.39 is 0 Å². The van der Waals surface area contributed by atoms with E-state index in [-0.39, 0.29) is 0 Å². The fraction of sp³-hybridized carbons (Fsp3) is 0.538. The third-order valence-corrected chi connectivity index (χ3v) is 3.49.